The first-order chi connectivity index (χ1) is 19.1. The highest BCUT2D eigenvalue weighted by Gasteiger charge is 2.40. The number of alkyl halides is 5. The molecule has 218 valence electrons. The van der Waals surface area contributed by atoms with Gasteiger partial charge in [-0.3, -0.25) is 19.7 Å². The molecular weight excluding hydrogens is 562 g/mol. The quantitative estimate of drug-likeness (QED) is 0.399. The van der Waals surface area contributed by atoms with E-state index in [0.717, 1.165) is 23.8 Å². The molecule has 2 aromatic rings. The molecule has 0 radical (unpaired) electrons. The maximum Gasteiger partial charge on any atom is 0.412 e. The minimum absolute atomic E-state index is 0.0591. The van der Waals surface area contributed by atoms with Crippen molar-refractivity contribution in [1.82, 2.24) is 9.27 Å². The van der Waals surface area contributed by atoms with Crippen LogP contribution in [0.3, 0.4) is 0 Å². The molecule has 4 rings (SSSR count). The van der Waals surface area contributed by atoms with Crippen molar-refractivity contribution in [2.24, 2.45) is 15.9 Å². The largest absolute Gasteiger partial charge is 0.490 e. The number of carbonyl (C=O) groups is 1. The molecule has 2 aliphatic heterocycles. The number of nitrogens with zero attached hydrogens (tertiary/aromatic N) is 4. The second-order valence-electron chi connectivity index (χ2n) is 9.51. The Kier molecular flexibility index (Phi) is 9.66. The molecule has 1 aromatic carbocycles. The maximum atomic E-state index is 14.4. The number of aryl methyl sites for hydroxylation is 1. The first-order valence-electron chi connectivity index (χ1n) is 12.6. The summed E-state index contributed by atoms with van der Waals surface area (Å²) in [6, 6.07) is 1.22. The predicted molar refractivity (Wildman–Crippen MR) is 141 cm³/mol. The Morgan fingerprint density at radius 1 is 1.23 bits per heavy atom. The van der Waals surface area contributed by atoms with Crippen molar-refractivity contribution in [3.63, 3.8) is 0 Å². The van der Waals surface area contributed by atoms with E-state index in [9.17, 15) is 31.1 Å². The van der Waals surface area contributed by atoms with Crippen LogP contribution in [0.5, 0.6) is 5.75 Å². The predicted octanol–water partition coefficient (Wildman–Crippen LogP) is 5.07. The standard InChI is InChI=1S/C25H28F6N6O2S/c1-14-22(24(40-36-14)35-21-12-32-20(11-33-21)25(29,30)31)23(38)34-16-2-3-18(28)19(8-16)39-13-15-4-6-37(7-5-15)17(9-26)10-27/h2-3,8,12,15,17,20H,4-7,9-11,13H2,1H3,(H,33,35)(H,34,38). The van der Waals surface area contributed by atoms with Gasteiger partial charge in [0.1, 0.15) is 24.2 Å². The van der Waals surface area contributed by atoms with Gasteiger partial charge in [-0.2, -0.15) is 17.5 Å². The van der Waals surface area contributed by atoms with Crippen molar-refractivity contribution in [3.8, 4) is 5.75 Å². The van der Waals surface area contributed by atoms with E-state index in [1.165, 1.54) is 12.1 Å². The summed E-state index contributed by atoms with van der Waals surface area (Å²) >= 11 is 0.933. The number of ether oxygens (including phenoxy) is 1. The molecule has 1 aromatic heterocycles. The Morgan fingerprint density at radius 3 is 2.58 bits per heavy atom. The van der Waals surface area contributed by atoms with Crippen LogP contribution in [0.2, 0.25) is 0 Å². The van der Waals surface area contributed by atoms with Gasteiger partial charge >= 0.3 is 6.18 Å². The fraction of sp³-hybridized carbons (Fsp3) is 0.520. The molecular formula is C25H28F6N6O2S. The van der Waals surface area contributed by atoms with Crippen molar-refractivity contribution in [1.29, 1.82) is 0 Å². The van der Waals surface area contributed by atoms with Crippen molar-refractivity contribution < 1.29 is 35.9 Å². The molecule has 1 saturated heterocycles. The van der Waals surface area contributed by atoms with Gasteiger partial charge in [0, 0.05) is 11.8 Å². The van der Waals surface area contributed by atoms with Crippen LogP contribution in [-0.4, -0.2) is 85.1 Å². The fourth-order valence-electron chi connectivity index (χ4n) is 4.35. The third kappa shape index (κ3) is 7.30. The lowest BCUT2D eigenvalue weighted by molar-refractivity contribution is -0.144. The van der Waals surface area contributed by atoms with Crippen LogP contribution in [-0.2, 0) is 0 Å². The zero-order chi connectivity index (χ0) is 28.9. The number of amidine groups is 1. The first-order valence-corrected chi connectivity index (χ1v) is 13.3. The average Bonchev–Trinajstić information content (AvgIpc) is 3.29. The number of rotatable bonds is 9. The lowest BCUT2D eigenvalue weighted by Gasteiger charge is -2.35. The summed E-state index contributed by atoms with van der Waals surface area (Å²) in [5.74, 6) is -1.11. The van der Waals surface area contributed by atoms with Crippen molar-refractivity contribution in [2.45, 2.75) is 38.0 Å². The van der Waals surface area contributed by atoms with E-state index in [4.69, 9.17) is 4.74 Å². The molecule has 0 aliphatic carbocycles. The number of benzene rings is 1. The summed E-state index contributed by atoms with van der Waals surface area (Å²) < 4.78 is 88.6. The molecule has 40 heavy (non-hydrogen) atoms. The maximum absolute atomic E-state index is 14.4. The summed E-state index contributed by atoms with van der Waals surface area (Å²) in [5, 5.41) is 5.73. The highest BCUT2D eigenvalue weighted by atomic mass is 32.1. The van der Waals surface area contributed by atoms with Crippen molar-refractivity contribution in [2.75, 3.05) is 50.2 Å². The van der Waals surface area contributed by atoms with E-state index in [1.54, 1.807) is 11.8 Å². The van der Waals surface area contributed by atoms with Gasteiger partial charge in [-0.15, -0.1) is 0 Å². The lowest BCUT2D eigenvalue weighted by atomic mass is 9.97. The number of aromatic nitrogens is 1. The molecule has 3 heterocycles. The molecule has 2 aliphatic rings. The average molecular weight is 591 g/mol. The zero-order valence-corrected chi connectivity index (χ0v) is 22.3. The summed E-state index contributed by atoms with van der Waals surface area (Å²) in [7, 11) is 0. The molecule has 1 fully saturated rings. The topological polar surface area (TPSA) is 91.2 Å². The number of amides is 1. The van der Waals surface area contributed by atoms with E-state index in [2.05, 4.69) is 25.0 Å². The van der Waals surface area contributed by atoms with Gasteiger partial charge in [-0.25, -0.2) is 13.2 Å². The highest BCUT2D eigenvalue weighted by Crippen LogP contribution is 2.29. The summed E-state index contributed by atoms with van der Waals surface area (Å²) in [5.41, 5.74) is 0.780. The van der Waals surface area contributed by atoms with Gasteiger partial charge in [0.2, 0.25) is 0 Å². The SMILES string of the molecule is Cc1nsc(NC2=NCC(C(F)(F)F)N=C2)c1C(=O)Nc1ccc(F)c(OCC2CCN(C(CF)CF)CC2)c1. The van der Waals surface area contributed by atoms with Crippen LogP contribution in [0.15, 0.2) is 28.2 Å². The Morgan fingerprint density at radius 2 is 1.95 bits per heavy atom. The van der Waals surface area contributed by atoms with Gasteiger partial charge in [-0.05, 0) is 62.4 Å². The zero-order valence-electron chi connectivity index (χ0n) is 21.5. The Labute approximate surface area is 230 Å². The molecule has 2 N–H and O–H groups in total. The van der Waals surface area contributed by atoms with E-state index >= 15 is 0 Å². The normalized spacial score (nSPS) is 18.6. The van der Waals surface area contributed by atoms with E-state index in [1.807, 2.05) is 0 Å². The highest BCUT2D eigenvalue weighted by molar-refractivity contribution is 7.11. The van der Waals surface area contributed by atoms with Crippen LogP contribution in [0, 0.1) is 18.7 Å². The van der Waals surface area contributed by atoms with Crippen molar-refractivity contribution in [3.05, 3.63) is 35.3 Å². The number of likely N-dealkylation sites (tertiary alicyclic amines) is 1. The number of anilines is 2. The molecule has 0 bridgehead atoms. The Balaban J connectivity index is 1.36. The van der Waals surface area contributed by atoms with Gasteiger partial charge < -0.3 is 15.4 Å². The molecule has 1 unspecified atom stereocenters. The summed E-state index contributed by atoms with van der Waals surface area (Å²) in [4.78, 5) is 22.2. The summed E-state index contributed by atoms with van der Waals surface area (Å²) in [6.07, 6.45) is -2.22. The number of hydrogen-bond donors (Lipinski definition) is 2. The van der Waals surface area contributed by atoms with Crippen LogP contribution in [0.1, 0.15) is 28.9 Å². The second-order valence-corrected chi connectivity index (χ2v) is 10.3. The number of halogens is 6. The van der Waals surface area contributed by atoms with E-state index < -0.39 is 49.9 Å². The third-order valence-corrected chi connectivity index (χ3v) is 7.56. The number of aliphatic imine (C=N–C) groups is 2. The molecule has 1 amide bonds. The lowest BCUT2D eigenvalue weighted by Crippen LogP contribution is -2.44. The van der Waals surface area contributed by atoms with Gasteiger partial charge in [0.25, 0.3) is 5.91 Å². The van der Waals surface area contributed by atoms with Gasteiger partial charge in [0.15, 0.2) is 17.6 Å². The second kappa shape index (κ2) is 13.0. The van der Waals surface area contributed by atoms with Gasteiger partial charge in [0.05, 0.1) is 36.7 Å². The minimum atomic E-state index is -4.50. The summed E-state index contributed by atoms with van der Waals surface area (Å²) in [6.45, 7) is 0.790. The van der Waals surface area contributed by atoms with Crippen LogP contribution in [0.4, 0.5) is 37.0 Å². The Hall–Kier alpha value is -3.20. The smallest absolute Gasteiger partial charge is 0.412 e. The van der Waals surface area contributed by atoms with Crippen LogP contribution >= 0.6 is 11.5 Å². The fourth-order valence-corrected chi connectivity index (χ4v) is 5.15. The third-order valence-electron chi connectivity index (χ3n) is 6.71. The minimum Gasteiger partial charge on any atom is -0.490 e. The van der Waals surface area contributed by atoms with E-state index in [-0.39, 0.29) is 40.4 Å². The van der Waals surface area contributed by atoms with Crippen LogP contribution < -0.4 is 15.4 Å². The number of hydrogen-bond acceptors (Lipinski definition) is 8. The molecule has 0 saturated carbocycles. The molecule has 0 spiro atoms. The molecule has 15 heteroatoms. The van der Waals surface area contributed by atoms with Crippen molar-refractivity contribution >= 4 is 40.2 Å². The van der Waals surface area contributed by atoms with Gasteiger partial charge in [-0.1, -0.05) is 0 Å². The van der Waals surface area contributed by atoms with Crippen LogP contribution in [0.25, 0.3) is 0 Å². The molecule has 8 nitrogen and oxygen atoms in total. The molecule has 1 atom stereocenters. The number of piperidine rings is 1. The Bertz CT molecular complexity index is 1240. The number of carbonyl (C=O) groups excluding carboxylic acids is 1. The monoisotopic (exact) mass is 590 g/mol. The number of nitrogens with one attached hydrogen (secondary N) is 2. The first kappa shape index (κ1) is 29.8. The van der Waals surface area contributed by atoms with E-state index in [0.29, 0.717) is 31.6 Å².